The average molecular weight is 1060 g/mol. The summed E-state index contributed by atoms with van der Waals surface area (Å²) in [5.74, 6) is -0.993. The van der Waals surface area contributed by atoms with Crippen LogP contribution in [0.15, 0.2) is 146 Å². The number of ether oxygens (including phenoxy) is 3. The fraction of sp³-hybridized carbons (Fsp3) is 0.620. The van der Waals surface area contributed by atoms with E-state index in [1.54, 1.807) is 0 Å². The highest BCUT2D eigenvalue weighted by Crippen LogP contribution is 2.14. The Hall–Kier alpha value is -4.71. The average Bonchev–Trinajstić information content (AvgIpc) is 3.43. The van der Waals surface area contributed by atoms with Gasteiger partial charge >= 0.3 is 17.9 Å². The van der Waals surface area contributed by atoms with Gasteiger partial charge in [0.15, 0.2) is 6.10 Å². The molecule has 0 bridgehead atoms. The minimum Gasteiger partial charge on any atom is -0.462 e. The third-order valence-electron chi connectivity index (χ3n) is 12.8. The van der Waals surface area contributed by atoms with E-state index in [2.05, 4.69) is 167 Å². The summed E-state index contributed by atoms with van der Waals surface area (Å²) >= 11 is 0. The predicted octanol–water partition coefficient (Wildman–Crippen LogP) is 21.5. The molecule has 6 heteroatoms. The van der Waals surface area contributed by atoms with Crippen LogP contribution in [0, 0.1) is 0 Å². The van der Waals surface area contributed by atoms with Gasteiger partial charge in [0.25, 0.3) is 0 Å². The summed E-state index contributed by atoms with van der Waals surface area (Å²) in [7, 11) is 0. The maximum Gasteiger partial charge on any atom is 0.306 e. The van der Waals surface area contributed by atoms with Crippen LogP contribution >= 0.6 is 0 Å². The molecule has 6 nitrogen and oxygen atoms in total. The van der Waals surface area contributed by atoms with Crippen LogP contribution < -0.4 is 0 Å². The van der Waals surface area contributed by atoms with Crippen molar-refractivity contribution >= 4 is 17.9 Å². The van der Waals surface area contributed by atoms with Gasteiger partial charge in [0.1, 0.15) is 13.2 Å². The van der Waals surface area contributed by atoms with Crippen molar-refractivity contribution in [2.24, 2.45) is 0 Å². The molecule has 0 aliphatic rings. The monoisotopic (exact) mass is 1060 g/mol. The number of hydrogen-bond acceptors (Lipinski definition) is 6. The van der Waals surface area contributed by atoms with Gasteiger partial charge in [-0.05, 0) is 135 Å². The molecule has 0 rings (SSSR count). The lowest BCUT2D eigenvalue weighted by atomic mass is 10.1. The van der Waals surface area contributed by atoms with Crippen LogP contribution in [-0.4, -0.2) is 37.2 Å². The molecule has 0 radical (unpaired) electrons. The quantitative estimate of drug-likeness (QED) is 0.0261. The third kappa shape index (κ3) is 62.0. The fourth-order valence-electron chi connectivity index (χ4n) is 8.18. The molecule has 0 N–H and O–H groups in total. The number of esters is 3. The molecule has 0 aromatic carbocycles. The van der Waals surface area contributed by atoms with Gasteiger partial charge in [-0.2, -0.15) is 0 Å². The van der Waals surface area contributed by atoms with Crippen molar-refractivity contribution in [1.29, 1.82) is 0 Å². The van der Waals surface area contributed by atoms with Crippen molar-refractivity contribution in [1.82, 2.24) is 0 Å². The van der Waals surface area contributed by atoms with E-state index < -0.39 is 6.10 Å². The largest absolute Gasteiger partial charge is 0.462 e. The van der Waals surface area contributed by atoms with Gasteiger partial charge in [0.05, 0.1) is 0 Å². The molecule has 0 aliphatic heterocycles. The van der Waals surface area contributed by atoms with Gasteiger partial charge in [0, 0.05) is 19.3 Å². The zero-order chi connectivity index (χ0) is 55.7. The van der Waals surface area contributed by atoms with E-state index in [9.17, 15) is 14.4 Å². The van der Waals surface area contributed by atoms with Crippen LogP contribution in [0.3, 0.4) is 0 Å². The molecule has 0 heterocycles. The van der Waals surface area contributed by atoms with Crippen molar-refractivity contribution in [2.45, 2.75) is 271 Å². The molecule has 0 aliphatic carbocycles. The van der Waals surface area contributed by atoms with Gasteiger partial charge in [0.2, 0.25) is 0 Å². The standard InChI is InChI=1S/C71H114O6/c1-4-7-10-13-16-19-22-25-28-31-33-35-37-40-43-46-49-52-55-58-61-64-70(73)76-67-68(66-75-69(72)63-60-57-54-51-48-45-42-39-30-27-24-21-18-15-12-9-6-3)77-71(74)65-62-59-56-53-50-47-44-41-38-36-34-32-29-26-23-20-17-14-11-8-5-2/h7,9-10,12,16,18-19,21,23,25-28,30,32-35,38,41-42,45,51,54,68H,4-6,8,11,13-15,17,20,22,24,29,31,36-37,39-40,43-44,46-50,52-53,55-67H2,1-3H3/b10-7-,12-9-,19-16-,21-18-,26-23-,28-25-,30-27-,34-32-,35-33-,41-38-,45-42-,54-51-. The maximum absolute atomic E-state index is 12.9. The van der Waals surface area contributed by atoms with Crippen LogP contribution in [0.5, 0.6) is 0 Å². The number of unbranched alkanes of at least 4 members (excludes halogenated alkanes) is 20. The highest BCUT2D eigenvalue weighted by atomic mass is 16.6. The lowest BCUT2D eigenvalue weighted by Crippen LogP contribution is -2.30. The normalized spacial score (nSPS) is 13.1. The maximum atomic E-state index is 12.9. The van der Waals surface area contributed by atoms with Gasteiger partial charge in [-0.15, -0.1) is 0 Å². The van der Waals surface area contributed by atoms with Gasteiger partial charge in [-0.1, -0.05) is 256 Å². The Kier molecular flexibility index (Phi) is 59.9. The lowest BCUT2D eigenvalue weighted by molar-refractivity contribution is -0.167. The molecule has 1 atom stereocenters. The minimum absolute atomic E-state index is 0.111. The summed E-state index contributed by atoms with van der Waals surface area (Å²) in [6, 6.07) is 0. The Balaban J connectivity index is 4.52. The Morgan fingerprint density at radius 2 is 0.519 bits per heavy atom. The molecule has 0 aromatic heterocycles. The van der Waals surface area contributed by atoms with E-state index >= 15 is 0 Å². The smallest absolute Gasteiger partial charge is 0.306 e. The summed E-state index contributed by atoms with van der Waals surface area (Å²) in [6.45, 7) is 6.34. The zero-order valence-electron chi connectivity index (χ0n) is 49.7. The van der Waals surface area contributed by atoms with E-state index in [1.807, 2.05) is 0 Å². The highest BCUT2D eigenvalue weighted by Gasteiger charge is 2.19. The summed E-state index contributed by atoms with van der Waals surface area (Å²) in [4.78, 5) is 38.3. The topological polar surface area (TPSA) is 78.9 Å². The highest BCUT2D eigenvalue weighted by molar-refractivity contribution is 5.71. The van der Waals surface area contributed by atoms with Crippen molar-refractivity contribution in [2.75, 3.05) is 13.2 Å². The molecule has 0 amide bonds. The summed E-state index contributed by atoms with van der Waals surface area (Å²) in [6.07, 6.45) is 91.3. The van der Waals surface area contributed by atoms with Crippen LogP contribution in [0.25, 0.3) is 0 Å². The molecule has 77 heavy (non-hydrogen) atoms. The van der Waals surface area contributed by atoms with E-state index in [4.69, 9.17) is 14.2 Å². The van der Waals surface area contributed by atoms with Crippen molar-refractivity contribution < 1.29 is 28.6 Å². The van der Waals surface area contributed by atoms with Gasteiger partial charge in [-0.25, -0.2) is 0 Å². The molecular formula is C71H114O6. The Morgan fingerprint density at radius 1 is 0.273 bits per heavy atom. The van der Waals surface area contributed by atoms with Crippen molar-refractivity contribution in [3.8, 4) is 0 Å². The predicted molar refractivity (Wildman–Crippen MR) is 334 cm³/mol. The molecule has 0 fully saturated rings. The fourth-order valence-corrected chi connectivity index (χ4v) is 8.18. The molecule has 0 aromatic rings. The van der Waals surface area contributed by atoms with Crippen LogP contribution in [0.4, 0.5) is 0 Å². The summed E-state index contributed by atoms with van der Waals surface area (Å²) < 4.78 is 16.9. The Labute approximate surface area is 474 Å². The SMILES string of the molecule is CC/C=C\C/C=C\C/C=C\C/C=C\C/C=C\CCCC(=O)OCC(COC(=O)CCCCCCCCCC/C=C\C/C=C\C/C=C\C/C=C\CC)OC(=O)CCCCCCCC/C=C\C/C=C\C/C=C\CCCCCCC. The number of carbonyl (C=O) groups is 3. The van der Waals surface area contributed by atoms with E-state index in [-0.39, 0.29) is 37.5 Å². The van der Waals surface area contributed by atoms with Gasteiger partial charge < -0.3 is 14.2 Å². The Morgan fingerprint density at radius 3 is 0.844 bits per heavy atom. The van der Waals surface area contributed by atoms with Crippen LogP contribution in [0.2, 0.25) is 0 Å². The van der Waals surface area contributed by atoms with Crippen molar-refractivity contribution in [3.05, 3.63) is 146 Å². The first kappa shape index (κ1) is 72.3. The number of carbonyl (C=O) groups excluding carboxylic acids is 3. The first-order valence-corrected chi connectivity index (χ1v) is 31.3. The van der Waals surface area contributed by atoms with E-state index in [0.29, 0.717) is 19.3 Å². The van der Waals surface area contributed by atoms with Crippen LogP contribution in [-0.2, 0) is 28.6 Å². The van der Waals surface area contributed by atoms with Crippen molar-refractivity contribution in [3.63, 3.8) is 0 Å². The first-order chi connectivity index (χ1) is 38.0. The second-order valence-corrected chi connectivity index (χ2v) is 20.2. The number of allylic oxidation sites excluding steroid dienone is 24. The molecule has 0 saturated heterocycles. The number of rotatable bonds is 55. The summed E-state index contributed by atoms with van der Waals surface area (Å²) in [5.41, 5.74) is 0. The summed E-state index contributed by atoms with van der Waals surface area (Å²) in [5, 5.41) is 0. The second-order valence-electron chi connectivity index (χ2n) is 20.2. The Bertz CT molecular complexity index is 1700. The minimum atomic E-state index is -0.820. The molecular weight excluding hydrogens is 949 g/mol. The van der Waals surface area contributed by atoms with Gasteiger partial charge in [-0.3, -0.25) is 14.4 Å². The number of hydrogen-bond donors (Lipinski definition) is 0. The third-order valence-corrected chi connectivity index (χ3v) is 12.8. The zero-order valence-corrected chi connectivity index (χ0v) is 49.7. The molecule has 434 valence electrons. The van der Waals surface area contributed by atoms with E-state index in [1.165, 1.54) is 83.5 Å². The van der Waals surface area contributed by atoms with E-state index in [0.717, 1.165) is 135 Å². The lowest BCUT2D eigenvalue weighted by Gasteiger charge is -2.18. The molecule has 1 unspecified atom stereocenters. The first-order valence-electron chi connectivity index (χ1n) is 31.3. The molecule has 0 saturated carbocycles. The molecule has 0 spiro atoms. The van der Waals surface area contributed by atoms with Crippen LogP contribution in [0.1, 0.15) is 265 Å². The second kappa shape index (κ2) is 63.8.